The fourth-order valence-corrected chi connectivity index (χ4v) is 2.50. The summed E-state index contributed by atoms with van der Waals surface area (Å²) in [6.07, 6.45) is 1.90. The Balaban J connectivity index is 2.00. The highest BCUT2D eigenvalue weighted by Gasteiger charge is 2.06. The van der Waals surface area contributed by atoms with Crippen molar-refractivity contribution in [3.05, 3.63) is 47.7 Å². The van der Waals surface area contributed by atoms with Gasteiger partial charge in [-0.3, -0.25) is 0 Å². The normalized spacial score (nSPS) is 11.3. The summed E-state index contributed by atoms with van der Waals surface area (Å²) in [4.78, 5) is 8.94. The van der Waals surface area contributed by atoms with Gasteiger partial charge in [0.15, 0.2) is 5.96 Å². The number of aromatic nitrogens is 1. The van der Waals surface area contributed by atoms with Crippen LogP contribution in [0.15, 0.2) is 41.5 Å². The van der Waals surface area contributed by atoms with Crippen LogP contribution < -0.4 is 24.8 Å². The molecule has 1 aromatic carbocycles. The molecule has 7 nitrogen and oxygen atoms in total. The molecule has 0 saturated carbocycles. The summed E-state index contributed by atoms with van der Waals surface area (Å²) >= 11 is 0. The van der Waals surface area contributed by atoms with Gasteiger partial charge in [0.25, 0.3) is 0 Å². The molecular formula is C21H30N4O3. The molecule has 0 unspecified atom stereocenters. The van der Waals surface area contributed by atoms with Crippen molar-refractivity contribution in [3.8, 4) is 17.4 Å². The van der Waals surface area contributed by atoms with Crippen molar-refractivity contribution in [2.75, 3.05) is 20.8 Å². The van der Waals surface area contributed by atoms with Gasteiger partial charge in [-0.1, -0.05) is 6.07 Å². The monoisotopic (exact) mass is 386 g/mol. The van der Waals surface area contributed by atoms with E-state index < -0.39 is 0 Å². The predicted octanol–water partition coefficient (Wildman–Crippen LogP) is 3.14. The number of nitrogens with zero attached hydrogens (tertiary/aromatic N) is 2. The Bertz CT molecular complexity index is 761. The average Bonchev–Trinajstić information content (AvgIpc) is 2.70. The minimum absolute atomic E-state index is 0.107. The third-order valence-electron chi connectivity index (χ3n) is 3.86. The number of guanidine groups is 1. The quantitative estimate of drug-likeness (QED) is 0.509. The van der Waals surface area contributed by atoms with Crippen molar-refractivity contribution in [3.63, 3.8) is 0 Å². The van der Waals surface area contributed by atoms with Crippen LogP contribution in [0, 0.1) is 0 Å². The predicted molar refractivity (Wildman–Crippen MR) is 111 cm³/mol. The molecule has 0 atom stereocenters. The van der Waals surface area contributed by atoms with Crippen LogP contribution in [0.3, 0.4) is 0 Å². The summed E-state index contributed by atoms with van der Waals surface area (Å²) in [7, 11) is 3.29. The Morgan fingerprint density at radius 2 is 1.93 bits per heavy atom. The van der Waals surface area contributed by atoms with E-state index in [-0.39, 0.29) is 6.10 Å². The van der Waals surface area contributed by atoms with Crippen LogP contribution in [0.5, 0.6) is 17.4 Å². The van der Waals surface area contributed by atoms with Gasteiger partial charge in [-0.2, -0.15) is 0 Å². The molecule has 2 rings (SSSR count). The fraction of sp³-hybridized carbons (Fsp3) is 0.429. The van der Waals surface area contributed by atoms with Crippen molar-refractivity contribution in [1.29, 1.82) is 0 Å². The molecule has 0 bridgehead atoms. The van der Waals surface area contributed by atoms with Gasteiger partial charge in [0.2, 0.25) is 5.88 Å². The molecule has 152 valence electrons. The topological polar surface area (TPSA) is 77.0 Å². The number of pyridine rings is 1. The Hall–Kier alpha value is -2.96. The third-order valence-corrected chi connectivity index (χ3v) is 3.86. The summed E-state index contributed by atoms with van der Waals surface area (Å²) in [5.74, 6) is 2.88. The van der Waals surface area contributed by atoms with Crippen LogP contribution >= 0.6 is 0 Å². The van der Waals surface area contributed by atoms with Gasteiger partial charge in [0.1, 0.15) is 11.5 Å². The summed E-state index contributed by atoms with van der Waals surface area (Å²) in [6, 6.07) is 9.60. The van der Waals surface area contributed by atoms with Crippen LogP contribution in [-0.2, 0) is 13.1 Å². The van der Waals surface area contributed by atoms with Gasteiger partial charge in [0, 0.05) is 37.0 Å². The van der Waals surface area contributed by atoms with E-state index in [1.54, 1.807) is 20.4 Å². The largest absolute Gasteiger partial charge is 0.497 e. The van der Waals surface area contributed by atoms with Gasteiger partial charge in [-0.15, -0.1) is 0 Å². The zero-order chi connectivity index (χ0) is 20.4. The molecule has 2 aromatic rings. The number of aliphatic imine (C=N–C) groups is 1. The third kappa shape index (κ3) is 6.64. The molecule has 0 aliphatic carbocycles. The minimum atomic E-state index is 0.107. The molecule has 0 spiro atoms. The second-order valence-corrected chi connectivity index (χ2v) is 6.40. The Labute approximate surface area is 167 Å². The van der Waals surface area contributed by atoms with E-state index >= 15 is 0 Å². The van der Waals surface area contributed by atoms with Crippen molar-refractivity contribution >= 4 is 5.96 Å². The van der Waals surface area contributed by atoms with E-state index in [2.05, 4.69) is 20.6 Å². The molecule has 1 heterocycles. The highest BCUT2D eigenvalue weighted by atomic mass is 16.5. The summed E-state index contributed by atoms with van der Waals surface area (Å²) in [6.45, 7) is 7.86. The zero-order valence-electron chi connectivity index (χ0n) is 17.3. The first-order valence-electron chi connectivity index (χ1n) is 9.40. The number of nitrogens with one attached hydrogen (secondary N) is 2. The second kappa shape index (κ2) is 11.0. The number of hydrogen-bond donors (Lipinski definition) is 2. The number of benzene rings is 1. The van der Waals surface area contributed by atoms with Crippen molar-refractivity contribution in [2.45, 2.75) is 40.0 Å². The lowest BCUT2D eigenvalue weighted by Gasteiger charge is -2.14. The highest BCUT2D eigenvalue weighted by Crippen LogP contribution is 2.24. The van der Waals surface area contributed by atoms with E-state index in [0.29, 0.717) is 19.0 Å². The molecule has 2 N–H and O–H groups in total. The Kier molecular flexibility index (Phi) is 8.39. The van der Waals surface area contributed by atoms with Crippen LogP contribution in [0.4, 0.5) is 0 Å². The molecule has 1 aromatic heterocycles. The highest BCUT2D eigenvalue weighted by molar-refractivity contribution is 5.79. The number of methoxy groups -OCH3 is 2. The van der Waals surface area contributed by atoms with E-state index in [0.717, 1.165) is 35.1 Å². The Morgan fingerprint density at radius 3 is 2.54 bits per heavy atom. The van der Waals surface area contributed by atoms with Crippen LogP contribution in [-0.4, -0.2) is 37.8 Å². The molecule has 0 aliphatic heterocycles. The minimum Gasteiger partial charge on any atom is -0.497 e. The van der Waals surface area contributed by atoms with Crippen LogP contribution in [0.25, 0.3) is 0 Å². The molecule has 0 amide bonds. The first kappa shape index (κ1) is 21.3. The molecule has 28 heavy (non-hydrogen) atoms. The lowest BCUT2D eigenvalue weighted by atomic mass is 10.2. The second-order valence-electron chi connectivity index (χ2n) is 6.40. The molecular weight excluding hydrogens is 356 g/mol. The van der Waals surface area contributed by atoms with Gasteiger partial charge >= 0.3 is 0 Å². The van der Waals surface area contributed by atoms with E-state index in [1.807, 2.05) is 51.1 Å². The zero-order valence-corrected chi connectivity index (χ0v) is 17.3. The standard InChI is InChI=1S/C21H30N4O3/c1-6-22-21(24-13-16-7-10-20(23-12-16)28-15(2)3)25-14-17-8-9-18(26-4)11-19(17)27-5/h7-12,15H,6,13-14H2,1-5H3,(H2,22,24,25). The average molecular weight is 386 g/mol. The number of hydrogen-bond acceptors (Lipinski definition) is 5. The van der Waals surface area contributed by atoms with Crippen LogP contribution in [0.1, 0.15) is 31.9 Å². The van der Waals surface area contributed by atoms with Gasteiger partial charge in [-0.05, 0) is 38.5 Å². The lowest BCUT2D eigenvalue weighted by Crippen LogP contribution is -2.36. The Morgan fingerprint density at radius 1 is 1.11 bits per heavy atom. The molecule has 7 heteroatoms. The maximum atomic E-state index is 5.57. The SMILES string of the molecule is CCNC(=NCc1ccc(OC(C)C)nc1)NCc1ccc(OC)cc1OC. The molecule has 0 fully saturated rings. The summed E-state index contributed by atoms with van der Waals surface area (Å²) < 4.78 is 16.3. The first-order chi connectivity index (χ1) is 13.5. The summed E-state index contributed by atoms with van der Waals surface area (Å²) in [5, 5.41) is 6.58. The summed E-state index contributed by atoms with van der Waals surface area (Å²) in [5.41, 5.74) is 2.03. The van der Waals surface area contributed by atoms with Crippen molar-refractivity contribution in [2.24, 2.45) is 4.99 Å². The van der Waals surface area contributed by atoms with Gasteiger partial charge < -0.3 is 24.8 Å². The smallest absolute Gasteiger partial charge is 0.213 e. The van der Waals surface area contributed by atoms with E-state index in [1.165, 1.54) is 0 Å². The van der Waals surface area contributed by atoms with Gasteiger partial charge in [0.05, 0.1) is 26.9 Å². The fourth-order valence-electron chi connectivity index (χ4n) is 2.50. The maximum Gasteiger partial charge on any atom is 0.213 e. The van der Waals surface area contributed by atoms with Crippen molar-refractivity contribution in [1.82, 2.24) is 15.6 Å². The number of rotatable bonds is 9. The lowest BCUT2D eigenvalue weighted by molar-refractivity contribution is 0.232. The molecule has 0 saturated heterocycles. The first-order valence-corrected chi connectivity index (χ1v) is 9.40. The van der Waals surface area contributed by atoms with Crippen LogP contribution in [0.2, 0.25) is 0 Å². The van der Waals surface area contributed by atoms with E-state index in [9.17, 15) is 0 Å². The maximum absolute atomic E-state index is 5.57. The van der Waals surface area contributed by atoms with Gasteiger partial charge in [-0.25, -0.2) is 9.98 Å². The molecule has 0 aliphatic rings. The molecule has 0 radical (unpaired) electrons. The number of ether oxygens (including phenoxy) is 3. The van der Waals surface area contributed by atoms with Crippen molar-refractivity contribution < 1.29 is 14.2 Å². The van der Waals surface area contributed by atoms with E-state index in [4.69, 9.17) is 14.2 Å².